The molecule has 1 aliphatic heterocycles. The van der Waals surface area contributed by atoms with Crippen LogP contribution >= 0.6 is 0 Å². The number of hydrogen-bond donors (Lipinski definition) is 2. The van der Waals surface area contributed by atoms with Gasteiger partial charge < -0.3 is 14.9 Å². The van der Waals surface area contributed by atoms with E-state index in [1.807, 2.05) is 13.8 Å². The van der Waals surface area contributed by atoms with Gasteiger partial charge in [0.1, 0.15) is 0 Å². The van der Waals surface area contributed by atoms with Crippen LogP contribution in [0.5, 0.6) is 0 Å². The highest BCUT2D eigenvalue weighted by Crippen LogP contribution is 2.74. The van der Waals surface area contributed by atoms with Crippen LogP contribution in [-0.2, 0) is 9.53 Å². The predicted molar refractivity (Wildman–Crippen MR) is 136 cm³/mol. The van der Waals surface area contributed by atoms with Gasteiger partial charge in [0.05, 0.1) is 17.3 Å². The van der Waals surface area contributed by atoms with Crippen molar-refractivity contribution in [1.82, 2.24) is 0 Å². The quantitative estimate of drug-likeness (QED) is 0.407. The lowest BCUT2D eigenvalue weighted by Gasteiger charge is -2.66. The van der Waals surface area contributed by atoms with Gasteiger partial charge in [-0.3, -0.25) is 4.79 Å². The first-order valence-corrected chi connectivity index (χ1v) is 13.9. The number of hydrogen-bond acceptors (Lipinski definition) is 3. The van der Waals surface area contributed by atoms with Crippen LogP contribution in [0, 0.1) is 39.9 Å². The van der Waals surface area contributed by atoms with Crippen LogP contribution in [-0.4, -0.2) is 33.5 Å². The Balaban J connectivity index is 1.64. The number of carboxylic acids is 1. The van der Waals surface area contributed by atoms with Crippen molar-refractivity contribution >= 4 is 5.97 Å². The minimum absolute atomic E-state index is 0.0109. The summed E-state index contributed by atoms with van der Waals surface area (Å²) in [4.78, 5) is 11.6. The Morgan fingerprint density at radius 3 is 2.18 bits per heavy atom. The summed E-state index contributed by atoms with van der Waals surface area (Å²) in [5, 5.41) is 20.2. The smallest absolute Gasteiger partial charge is 0.303 e. The summed E-state index contributed by atoms with van der Waals surface area (Å²) in [6, 6.07) is 0. The van der Waals surface area contributed by atoms with Crippen molar-refractivity contribution < 1.29 is 19.7 Å². The molecule has 9 atom stereocenters. The van der Waals surface area contributed by atoms with E-state index in [4.69, 9.17) is 4.74 Å². The third-order valence-electron chi connectivity index (χ3n) is 12.0. The van der Waals surface area contributed by atoms with Gasteiger partial charge in [-0.1, -0.05) is 32.9 Å². The van der Waals surface area contributed by atoms with Crippen molar-refractivity contribution in [2.24, 2.45) is 39.9 Å². The third kappa shape index (κ3) is 3.81. The van der Waals surface area contributed by atoms with Crippen molar-refractivity contribution in [3.8, 4) is 0 Å². The summed E-state index contributed by atoms with van der Waals surface area (Å²) in [6.45, 7) is 20.1. The van der Waals surface area contributed by atoms with Gasteiger partial charge in [0, 0.05) is 6.42 Å². The highest BCUT2D eigenvalue weighted by atomic mass is 16.5. The Morgan fingerprint density at radius 1 is 0.971 bits per heavy atom. The molecule has 4 fully saturated rings. The summed E-state index contributed by atoms with van der Waals surface area (Å²) >= 11 is 0. The van der Waals surface area contributed by atoms with Gasteiger partial charge in [-0.2, -0.15) is 0 Å². The summed E-state index contributed by atoms with van der Waals surface area (Å²) < 4.78 is 6.69. The molecule has 1 heterocycles. The molecule has 4 heteroatoms. The summed E-state index contributed by atoms with van der Waals surface area (Å²) in [5.74, 6) is 1.42. The monoisotopic (exact) mass is 474 g/mol. The SMILES string of the molecule is C=C(C)[C@@H]1CC[C@]2(C)[C@@H](CC[C@@H]3[C@@H]([C@@]4(C)CC[C@H](C(C)(C)O)O4)CC[C@]32C)[C@@]1(C)CCC(=O)O. The number of carboxylic acid groups (broad SMARTS) is 1. The Labute approximate surface area is 207 Å². The fraction of sp³-hybridized carbons (Fsp3) is 0.900. The van der Waals surface area contributed by atoms with Gasteiger partial charge >= 0.3 is 5.97 Å². The average molecular weight is 475 g/mol. The minimum atomic E-state index is -0.795. The molecule has 4 aliphatic rings. The first-order valence-electron chi connectivity index (χ1n) is 13.9. The molecule has 0 aromatic rings. The Bertz CT molecular complexity index is 828. The molecule has 34 heavy (non-hydrogen) atoms. The second-order valence-electron chi connectivity index (χ2n) is 14.2. The van der Waals surface area contributed by atoms with Crippen LogP contribution in [0.1, 0.15) is 113 Å². The van der Waals surface area contributed by atoms with E-state index in [1.54, 1.807) is 0 Å². The normalized spacial score (nSPS) is 48.9. The first kappa shape index (κ1) is 26.2. The topological polar surface area (TPSA) is 66.8 Å². The van der Waals surface area contributed by atoms with Crippen LogP contribution in [0.3, 0.4) is 0 Å². The zero-order chi connectivity index (χ0) is 25.3. The number of aliphatic carboxylic acids is 1. The van der Waals surface area contributed by atoms with E-state index >= 15 is 0 Å². The van der Waals surface area contributed by atoms with E-state index in [0.717, 1.165) is 25.7 Å². The van der Waals surface area contributed by atoms with Crippen molar-refractivity contribution in [1.29, 1.82) is 0 Å². The number of aliphatic hydroxyl groups is 1. The average Bonchev–Trinajstić information content (AvgIpc) is 3.29. The molecule has 4 nitrogen and oxygen atoms in total. The van der Waals surface area contributed by atoms with Crippen molar-refractivity contribution in [2.45, 2.75) is 130 Å². The van der Waals surface area contributed by atoms with Crippen molar-refractivity contribution in [3.63, 3.8) is 0 Å². The third-order valence-corrected chi connectivity index (χ3v) is 12.0. The van der Waals surface area contributed by atoms with E-state index in [1.165, 1.54) is 37.7 Å². The maximum atomic E-state index is 11.6. The molecular weight excluding hydrogens is 424 g/mol. The molecular formula is C30H50O4. The molecule has 0 aromatic carbocycles. The summed E-state index contributed by atoms with van der Waals surface area (Å²) in [6.07, 6.45) is 10.0. The molecule has 2 N–H and O–H groups in total. The molecule has 194 valence electrons. The molecule has 3 aliphatic carbocycles. The van der Waals surface area contributed by atoms with Crippen LogP contribution in [0.2, 0.25) is 0 Å². The standard InChI is InChI=1S/C30H50O4/c1-19(2)20-11-17-29(7)23(27(20,5)15-14-25(31)32)10-9-21-22(12-16-28(21,29)6)30(8)18-13-24(34-30)26(3,4)33/h20-24,33H,1,9-18H2,2-8H3,(H,31,32)/t20-,21+,22-,23-,24+,27-,28+,29+,30+/m0/s1. The van der Waals surface area contributed by atoms with Gasteiger partial charge in [-0.25, -0.2) is 0 Å². The number of rotatable bonds is 6. The Kier molecular flexibility index (Phi) is 6.42. The van der Waals surface area contributed by atoms with Crippen LogP contribution in [0.4, 0.5) is 0 Å². The van der Waals surface area contributed by atoms with E-state index in [0.29, 0.717) is 23.7 Å². The molecule has 0 amide bonds. The lowest BCUT2D eigenvalue weighted by Crippen LogP contribution is -2.60. The van der Waals surface area contributed by atoms with Gasteiger partial charge in [-0.05, 0) is 125 Å². The fourth-order valence-corrected chi connectivity index (χ4v) is 10.0. The van der Waals surface area contributed by atoms with E-state index in [2.05, 4.69) is 41.2 Å². The number of fused-ring (bicyclic) bond motifs is 3. The number of carbonyl (C=O) groups is 1. The van der Waals surface area contributed by atoms with Gasteiger partial charge in [-0.15, -0.1) is 0 Å². The molecule has 4 rings (SSSR count). The van der Waals surface area contributed by atoms with Crippen molar-refractivity contribution in [3.05, 3.63) is 12.2 Å². The number of allylic oxidation sites excluding steroid dienone is 1. The highest BCUT2D eigenvalue weighted by Gasteiger charge is 2.68. The highest BCUT2D eigenvalue weighted by molar-refractivity contribution is 5.66. The first-order chi connectivity index (χ1) is 15.6. The molecule has 3 saturated carbocycles. The zero-order valence-corrected chi connectivity index (χ0v) is 22.9. The second kappa shape index (κ2) is 8.33. The molecule has 0 spiro atoms. The van der Waals surface area contributed by atoms with Crippen LogP contribution in [0.15, 0.2) is 12.2 Å². The molecule has 0 unspecified atom stereocenters. The summed E-state index contributed by atoms with van der Waals surface area (Å²) in [7, 11) is 0. The predicted octanol–water partition coefficient (Wildman–Crippen LogP) is 7.00. The zero-order valence-electron chi connectivity index (χ0n) is 22.9. The molecule has 0 radical (unpaired) electrons. The fourth-order valence-electron chi connectivity index (χ4n) is 10.0. The maximum Gasteiger partial charge on any atom is 0.303 e. The molecule has 0 aromatic heterocycles. The largest absolute Gasteiger partial charge is 0.481 e. The van der Waals surface area contributed by atoms with E-state index in [-0.39, 0.29) is 34.4 Å². The Hall–Kier alpha value is -0.870. The van der Waals surface area contributed by atoms with Crippen molar-refractivity contribution in [2.75, 3.05) is 0 Å². The van der Waals surface area contributed by atoms with Gasteiger partial charge in [0.25, 0.3) is 0 Å². The summed E-state index contributed by atoms with van der Waals surface area (Å²) in [5.41, 5.74) is 0.714. The van der Waals surface area contributed by atoms with Gasteiger partial charge in [0.15, 0.2) is 0 Å². The Morgan fingerprint density at radius 2 is 1.62 bits per heavy atom. The van der Waals surface area contributed by atoms with E-state index < -0.39 is 11.6 Å². The molecule has 0 bridgehead atoms. The minimum Gasteiger partial charge on any atom is -0.481 e. The van der Waals surface area contributed by atoms with E-state index in [9.17, 15) is 15.0 Å². The maximum absolute atomic E-state index is 11.6. The second-order valence-corrected chi connectivity index (χ2v) is 14.2. The lowest BCUT2D eigenvalue weighted by atomic mass is 9.38. The lowest BCUT2D eigenvalue weighted by molar-refractivity contribution is -0.187. The number of ether oxygens (including phenoxy) is 1. The van der Waals surface area contributed by atoms with Crippen LogP contribution in [0.25, 0.3) is 0 Å². The molecule has 1 saturated heterocycles. The van der Waals surface area contributed by atoms with Crippen LogP contribution < -0.4 is 0 Å². The van der Waals surface area contributed by atoms with Gasteiger partial charge in [0.2, 0.25) is 0 Å².